The molecule has 0 aliphatic carbocycles. The predicted molar refractivity (Wildman–Crippen MR) is 113 cm³/mol. The second-order valence-corrected chi connectivity index (χ2v) is 7.24. The second kappa shape index (κ2) is 8.62. The fourth-order valence-electron chi connectivity index (χ4n) is 3.85. The number of fused-ring (bicyclic) bond motifs is 1. The van der Waals surface area contributed by atoms with E-state index >= 15 is 0 Å². The minimum atomic E-state index is 0.0546. The zero-order chi connectivity index (χ0) is 21.1. The van der Waals surface area contributed by atoms with Crippen LogP contribution in [0.2, 0.25) is 0 Å². The van der Waals surface area contributed by atoms with E-state index in [9.17, 15) is 4.79 Å². The highest BCUT2D eigenvalue weighted by Gasteiger charge is 2.23. The van der Waals surface area contributed by atoms with Gasteiger partial charge in [0.1, 0.15) is 0 Å². The molecule has 158 valence electrons. The maximum Gasteiger partial charge on any atom is 0.254 e. The van der Waals surface area contributed by atoms with Gasteiger partial charge >= 0.3 is 0 Å². The third kappa shape index (κ3) is 3.91. The van der Waals surface area contributed by atoms with Crippen molar-refractivity contribution in [3.63, 3.8) is 0 Å². The van der Waals surface area contributed by atoms with Crippen LogP contribution in [0, 0.1) is 0 Å². The molecular formula is C22H26N4O4. The molecule has 1 aliphatic heterocycles. The molecule has 0 bridgehead atoms. The van der Waals surface area contributed by atoms with Crippen LogP contribution in [0.4, 0.5) is 0 Å². The number of H-pyrrole nitrogens is 1. The molecule has 1 amide bonds. The third-order valence-electron chi connectivity index (χ3n) is 5.46. The van der Waals surface area contributed by atoms with E-state index in [-0.39, 0.29) is 5.91 Å². The number of amides is 1. The number of nitrogens with one attached hydrogen (secondary N) is 1. The summed E-state index contributed by atoms with van der Waals surface area (Å²) in [6, 6.07) is 9.53. The molecule has 1 aromatic heterocycles. The Balaban J connectivity index is 1.40. The number of benzene rings is 2. The van der Waals surface area contributed by atoms with Crippen molar-refractivity contribution in [2.45, 2.75) is 6.54 Å². The fourth-order valence-corrected chi connectivity index (χ4v) is 3.85. The number of imidazole rings is 1. The van der Waals surface area contributed by atoms with Crippen LogP contribution in [-0.2, 0) is 6.54 Å². The number of hydrogen-bond donors (Lipinski definition) is 1. The second-order valence-electron chi connectivity index (χ2n) is 7.24. The van der Waals surface area contributed by atoms with Gasteiger partial charge in [0.05, 0.1) is 38.7 Å². The highest BCUT2D eigenvalue weighted by atomic mass is 16.5. The Kier molecular flexibility index (Phi) is 5.76. The van der Waals surface area contributed by atoms with Gasteiger partial charge in [-0.3, -0.25) is 9.69 Å². The van der Waals surface area contributed by atoms with Gasteiger partial charge in [-0.1, -0.05) is 0 Å². The molecule has 1 aliphatic rings. The molecule has 0 saturated carbocycles. The van der Waals surface area contributed by atoms with E-state index in [0.29, 0.717) is 35.9 Å². The van der Waals surface area contributed by atoms with Crippen LogP contribution in [0.25, 0.3) is 11.0 Å². The van der Waals surface area contributed by atoms with E-state index in [1.54, 1.807) is 27.7 Å². The summed E-state index contributed by atoms with van der Waals surface area (Å²) in [5.41, 5.74) is 3.50. The normalized spacial score (nSPS) is 14.7. The van der Waals surface area contributed by atoms with Crippen LogP contribution in [-0.4, -0.2) is 73.2 Å². The topological polar surface area (TPSA) is 79.9 Å². The van der Waals surface area contributed by atoms with E-state index in [2.05, 4.69) is 14.9 Å². The SMILES string of the molecule is COc1cc(CN2CCN(C(=O)c3ccc4nc[nH]c4c3)CC2)cc(OC)c1OC. The predicted octanol–water partition coefficient (Wildman–Crippen LogP) is 2.55. The maximum absolute atomic E-state index is 12.9. The molecule has 0 unspecified atom stereocenters. The maximum atomic E-state index is 12.9. The quantitative estimate of drug-likeness (QED) is 0.673. The Morgan fingerprint density at radius 1 is 1.00 bits per heavy atom. The number of carbonyl (C=O) groups is 1. The molecule has 0 spiro atoms. The monoisotopic (exact) mass is 410 g/mol. The van der Waals surface area contributed by atoms with E-state index in [4.69, 9.17) is 14.2 Å². The average Bonchev–Trinajstić information content (AvgIpc) is 3.26. The fraction of sp³-hybridized carbons (Fsp3) is 0.364. The number of carbonyl (C=O) groups excluding carboxylic acids is 1. The lowest BCUT2D eigenvalue weighted by Gasteiger charge is -2.35. The zero-order valence-corrected chi connectivity index (χ0v) is 17.5. The summed E-state index contributed by atoms with van der Waals surface area (Å²) < 4.78 is 16.3. The molecule has 4 rings (SSSR count). The Labute approximate surface area is 175 Å². The van der Waals surface area contributed by atoms with Gasteiger partial charge in [0.2, 0.25) is 5.75 Å². The van der Waals surface area contributed by atoms with Crippen LogP contribution >= 0.6 is 0 Å². The van der Waals surface area contributed by atoms with Crippen molar-refractivity contribution < 1.29 is 19.0 Å². The number of rotatable bonds is 6. The average molecular weight is 410 g/mol. The first-order valence-corrected chi connectivity index (χ1v) is 9.86. The summed E-state index contributed by atoms with van der Waals surface area (Å²) in [6.07, 6.45) is 1.64. The molecule has 8 nitrogen and oxygen atoms in total. The van der Waals surface area contributed by atoms with Gasteiger partial charge in [0, 0.05) is 38.3 Å². The number of aromatic amines is 1. The minimum Gasteiger partial charge on any atom is -0.493 e. The first kappa shape index (κ1) is 20.0. The first-order valence-electron chi connectivity index (χ1n) is 9.86. The molecule has 0 radical (unpaired) electrons. The van der Waals surface area contributed by atoms with Crippen LogP contribution in [0.15, 0.2) is 36.7 Å². The number of methoxy groups -OCH3 is 3. The van der Waals surface area contributed by atoms with Crippen LogP contribution < -0.4 is 14.2 Å². The smallest absolute Gasteiger partial charge is 0.254 e. The summed E-state index contributed by atoms with van der Waals surface area (Å²) in [7, 11) is 4.83. The van der Waals surface area contributed by atoms with Crippen molar-refractivity contribution in [3.05, 3.63) is 47.8 Å². The van der Waals surface area contributed by atoms with Crippen LogP contribution in [0.3, 0.4) is 0 Å². The molecule has 3 aromatic rings. The summed E-state index contributed by atoms with van der Waals surface area (Å²) in [5, 5.41) is 0. The Bertz CT molecular complexity index is 1020. The lowest BCUT2D eigenvalue weighted by Crippen LogP contribution is -2.48. The molecule has 1 saturated heterocycles. The number of nitrogens with zero attached hydrogens (tertiary/aromatic N) is 3. The molecule has 1 fully saturated rings. The lowest BCUT2D eigenvalue weighted by molar-refractivity contribution is 0.0628. The molecule has 2 aromatic carbocycles. The van der Waals surface area contributed by atoms with Crippen LogP contribution in [0.1, 0.15) is 15.9 Å². The molecule has 0 atom stereocenters. The summed E-state index contributed by atoms with van der Waals surface area (Å²) in [5.74, 6) is 1.94. The van der Waals surface area contributed by atoms with Gasteiger partial charge in [-0.05, 0) is 35.9 Å². The standard InChI is InChI=1S/C22H26N4O4/c1-28-19-10-15(11-20(29-2)21(19)30-3)13-25-6-8-26(9-7-25)22(27)16-4-5-17-18(12-16)24-14-23-17/h4-5,10-12,14H,6-9,13H2,1-3H3,(H,23,24). The van der Waals surface area contributed by atoms with E-state index in [1.165, 1.54) is 0 Å². The van der Waals surface area contributed by atoms with Crippen LogP contribution in [0.5, 0.6) is 17.2 Å². The van der Waals surface area contributed by atoms with Crippen molar-refractivity contribution in [1.82, 2.24) is 19.8 Å². The summed E-state index contributed by atoms with van der Waals surface area (Å²) in [6.45, 7) is 3.72. The third-order valence-corrected chi connectivity index (χ3v) is 5.46. The van der Waals surface area contributed by atoms with E-state index in [1.807, 2.05) is 35.2 Å². The Hall–Kier alpha value is -3.26. The summed E-state index contributed by atoms with van der Waals surface area (Å²) >= 11 is 0. The van der Waals surface area contributed by atoms with Crippen molar-refractivity contribution in [3.8, 4) is 17.2 Å². The largest absolute Gasteiger partial charge is 0.493 e. The van der Waals surface area contributed by atoms with E-state index in [0.717, 1.165) is 36.2 Å². The van der Waals surface area contributed by atoms with Crippen molar-refractivity contribution in [2.24, 2.45) is 0 Å². The Morgan fingerprint density at radius 3 is 2.33 bits per heavy atom. The van der Waals surface area contributed by atoms with Crippen molar-refractivity contribution in [1.29, 1.82) is 0 Å². The molecular weight excluding hydrogens is 384 g/mol. The first-order chi connectivity index (χ1) is 14.6. The van der Waals surface area contributed by atoms with Gasteiger partial charge in [-0.15, -0.1) is 0 Å². The Morgan fingerprint density at radius 2 is 1.70 bits per heavy atom. The number of piperazine rings is 1. The minimum absolute atomic E-state index is 0.0546. The molecule has 30 heavy (non-hydrogen) atoms. The van der Waals surface area contributed by atoms with Crippen molar-refractivity contribution in [2.75, 3.05) is 47.5 Å². The highest BCUT2D eigenvalue weighted by Crippen LogP contribution is 2.38. The van der Waals surface area contributed by atoms with E-state index < -0.39 is 0 Å². The molecule has 2 heterocycles. The van der Waals surface area contributed by atoms with Crippen molar-refractivity contribution >= 4 is 16.9 Å². The van der Waals surface area contributed by atoms with Gasteiger partial charge in [-0.25, -0.2) is 4.98 Å². The van der Waals surface area contributed by atoms with Gasteiger partial charge in [0.15, 0.2) is 11.5 Å². The zero-order valence-electron chi connectivity index (χ0n) is 17.5. The van der Waals surface area contributed by atoms with Gasteiger partial charge in [-0.2, -0.15) is 0 Å². The number of aromatic nitrogens is 2. The number of ether oxygens (including phenoxy) is 3. The lowest BCUT2D eigenvalue weighted by atomic mass is 10.1. The number of hydrogen-bond acceptors (Lipinski definition) is 6. The highest BCUT2D eigenvalue weighted by molar-refractivity contribution is 5.97. The summed E-state index contributed by atoms with van der Waals surface area (Å²) in [4.78, 5) is 24.4. The molecule has 1 N–H and O–H groups in total. The molecule has 8 heteroatoms. The van der Waals surface area contributed by atoms with Gasteiger partial charge in [0.25, 0.3) is 5.91 Å². The van der Waals surface area contributed by atoms with Gasteiger partial charge < -0.3 is 24.1 Å².